The first kappa shape index (κ1) is 20.2. The fourth-order valence-corrected chi connectivity index (χ4v) is 3.99. The van der Waals surface area contributed by atoms with Crippen molar-refractivity contribution < 1.29 is 0 Å². The van der Waals surface area contributed by atoms with Crippen LogP contribution in [-0.2, 0) is 0 Å². The molecule has 0 aliphatic carbocycles. The molecule has 1 aromatic heterocycles. The number of benzene rings is 4. The largest absolute Gasteiger partial charge is 0.383 e. The Bertz CT molecular complexity index is 1430. The Morgan fingerprint density at radius 1 is 0.545 bits per heavy atom. The van der Waals surface area contributed by atoms with Gasteiger partial charge in [0.05, 0.1) is 5.69 Å². The van der Waals surface area contributed by atoms with Gasteiger partial charge in [-0.1, -0.05) is 109 Å². The third-order valence-corrected chi connectivity index (χ3v) is 5.75. The van der Waals surface area contributed by atoms with E-state index in [1.54, 1.807) is 0 Å². The molecule has 0 amide bonds. The van der Waals surface area contributed by atoms with Gasteiger partial charge in [0.2, 0.25) is 0 Å². The minimum absolute atomic E-state index is 0.240. The molecule has 0 spiro atoms. The van der Waals surface area contributed by atoms with Crippen LogP contribution in [0.5, 0.6) is 0 Å². The highest BCUT2D eigenvalue weighted by molar-refractivity contribution is 5.81. The average Bonchev–Trinajstić information content (AvgIpc) is 2.89. The number of aromatic nitrogens is 1. The van der Waals surface area contributed by atoms with Gasteiger partial charge in [0.15, 0.2) is 0 Å². The lowest BCUT2D eigenvalue weighted by atomic mass is 9.96. The molecule has 5 aromatic rings. The predicted molar refractivity (Wildman–Crippen MR) is 135 cm³/mol. The van der Waals surface area contributed by atoms with Gasteiger partial charge in [-0.05, 0) is 33.9 Å². The van der Waals surface area contributed by atoms with Gasteiger partial charge in [-0.2, -0.15) is 5.26 Å². The summed E-state index contributed by atoms with van der Waals surface area (Å²) in [7, 11) is 0. The molecule has 3 heteroatoms. The number of nitrogens with two attached hydrogens (primary N) is 1. The van der Waals surface area contributed by atoms with E-state index in [9.17, 15) is 5.26 Å². The zero-order chi connectivity index (χ0) is 22.6. The molecule has 0 aliphatic heterocycles. The number of nitrogen functional groups attached to an aromatic ring is 1. The van der Waals surface area contributed by atoms with Crippen molar-refractivity contribution in [1.29, 1.82) is 5.26 Å². The van der Waals surface area contributed by atoms with Crippen molar-refractivity contribution in [1.82, 2.24) is 4.98 Å². The summed E-state index contributed by atoms with van der Waals surface area (Å²) in [6.07, 6.45) is 0. The summed E-state index contributed by atoms with van der Waals surface area (Å²) < 4.78 is 0. The number of nitrogens with zero attached hydrogens (tertiary/aromatic N) is 2. The Hall–Kier alpha value is -4.68. The predicted octanol–water partition coefficient (Wildman–Crippen LogP) is 7.20. The number of pyridine rings is 1. The van der Waals surface area contributed by atoms with Crippen LogP contribution in [0.25, 0.3) is 44.6 Å². The fourth-order valence-electron chi connectivity index (χ4n) is 3.99. The van der Waals surface area contributed by atoms with Gasteiger partial charge in [0.25, 0.3) is 0 Å². The van der Waals surface area contributed by atoms with Crippen molar-refractivity contribution in [2.24, 2.45) is 0 Å². The molecule has 0 radical (unpaired) electrons. The van der Waals surface area contributed by atoms with Crippen molar-refractivity contribution in [3.63, 3.8) is 0 Å². The van der Waals surface area contributed by atoms with E-state index in [0.29, 0.717) is 5.56 Å². The molecule has 1 heterocycles. The zero-order valence-electron chi connectivity index (χ0n) is 17.9. The first-order valence-electron chi connectivity index (χ1n) is 10.8. The minimum Gasteiger partial charge on any atom is -0.383 e. The molecule has 5 rings (SSSR count). The lowest BCUT2D eigenvalue weighted by molar-refractivity contribution is 1.31. The third kappa shape index (κ3) is 4.11. The summed E-state index contributed by atoms with van der Waals surface area (Å²) in [5, 5.41) is 9.75. The second-order valence-corrected chi connectivity index (χ2v) is 7.81. The van der Waals surface area contributed by atoms with Gasteiger partial charge in [-0.25, -0.2) is 4.98 Å². The van der Waals surface area contributed by atoms with Crippen LogP contribution in [0.2, 0.25) is 0 Å². The second kappa shape index (κ2) is 8.82. The Morgan fingerprint density at radius 3 is 1.45 bits per heavy atom. The van der Waals surface area contributed by atoms with Crippen molar-refractivity contribution >= 4 is 5.82 Å². The molecule has 3 nitrogen and oxygen atoms in total. The normalized spacial score (nSPS) is 10.5. The fraction of sp³-hybridized carbons (Fsp3) is 0. The molecule has 0 saturated heterocycles. The minimum atomic E-state index is 0.240. The van der Waals surface area contributed by atoms with Crippen LogP contribution < -0.4 is 5.73 Å². The van der Waals surface area contributed by atoms with Crippen LogP contribution in [0, 0.1) is 11.3 Å². The van der Waals surface area contributed by atoms with E-state index in [-0.39, 0.29) is 5.82 Å². The third-order valence-electron chi connectivity index (χ3n) is 5.75. The smallest absolute Gasteiger partial charge is 0.142 e. The molecule has 0 atom stereocenters. The Labute approximate surface area is 193 Å². The first-order chi connectivity index (χ1) is 16.2. The molecule has 0 fully saturated rings. The Balaban J connectivity index is 1.53. The topological polar surface area (TPSA) is 62.7 Å². The summed E-state index contributed by atoms with van der Waals surface area (Å²) in [6.45, 7) is 0. The van der Waals surface area contributed by atoms with Crippen LogP contribution in [0.15, 0.2) is 115 Å². The van der Waals surface area contributed by atoms with Gasteiger partial charge < -0.3 is 5.73 Å². The van der Waals surface area contributed by atoms with Gasteiger partial charge in [0.1, 0.15) is 17.5 Å². The lowest BCUT2D eigenvalue weighted by Crippen LogP contribution is -1.99. The lowest BCUT2D eigenvalue weighted by Gasteiger charge is -2.12. The molecule has 2 N–H and O–H groups in total. The van der Waals surface area contributed by atoms with Crippen molar-refractivity contribution in [3.8, 4) is 50.7 Å². The molecule has 33 heavy (non-hydrogen) atoms. The van der Waals surface area contributed by atoms with Crippen molar-refractivity contribution in [3.05, 3.63) is 121 Å². The number of nitriles is 1. The van der Waals surface area contributed by atoms with Crippen molar-refractivity contribution in [2.75, 3.05) is 5.73 Å². The standard InChI is InChI=1S/C30H21N3/c31-20-28-27(25-15-11-23(12-16-25)21-7-3-1-4-8-21)19-29(33-30(28)32)26-17-13-24(14-18-26)22-9-5-2-6-10-22/h1-19H,(H2,32,33). The van der Waals surface area contributed by atoms with Crippen LogP contribution in [-0.4, -0.2) is 4.98 Å². The number of hydrogen-bond acceptors (Lipinski definition) is 3. The first-order valence-corrected chi connectivity index (χ1v) is 10.8. The summed E-state index contributed by atoms with van der Waals surface area (Å²) >= 11 is 0. The van der Waals surface area contributed by atoms with Crippen LogP contribution >= 0.6 is 0 Å². The molecule has 0 aliphatic rings. The summed E-state index contributed by atoms with van der Waals surface area (Å²) in [4.78, 5) is 4.52. The highest BCUT2D eigenvalue weighted by Crippen LogP contribution is 2.33. The van der Waals surface area contributed by atoms with Gasteiger partial charge in [-0.15, -0.1) is 0 Å². The maximum Gasteiger partial charge on any atom is 0.142 e. The van der Waals surface area contributed by atoms with Gasteiger partial charge >= 0.3 is 0 Å². The maximum atomic E-state index is 9.75. The van der Waals surface area contributed by atoms with Crippen molar-refractivity contribution in [2.45, 2.75) is 0 Å². The summed E-state index contributed by atoms with van der Waals surface area (Å²) in [5.74, 6) is 0.240. The molecule has 0 unspecified atom stereocenters. The van der Waals surface area contributed by atoms with E-state index in [2.05, 4.69) is 59.6 Å². The Morgan fingerprint density at radius 2 is 0.970 bits per heavy atom. The van der Waals surface area contributed by atoms with E-state index in [1.165, 1.54) is 0 Å². The maximum absolute atomic E-state index is 9.75. The quantitative estimate of drug-likeness (QED) is 0.332. The van der Waals surface area contributed by atoms with Crippen LogP contribution in [0.1, 0.15) is 5.56 Å². The Kier molecular flexibility index (Phi) is 5.41. The molecular weight excluding hydrogens is 402 g/mol. The average molecular weight is 424 g/mol. The highest BCUT2D eigenvalue weighted by atomic mass is 14.8. The molecular formula is C30H21N3. The zero-order valence-corrected chi connectivity index (χ0v) is 17.9. The van der Waals surface area contributed by atoms with E-state index < -0.39 is 0 Å². The molecule has 4 aromatic carbocycles. The van der Waals surface area contributed by atoms with Gasteiger partial charge in [0, 0.05) is 11.1 Å². The van der Waals surface area contributed by atoms with Crippen LogP contribution in [0.4, 0.5) is 5.82 Å². The molecule has 156 valence electrons. The summed E-state index contributed by atoms with van der Waals surface area (Å²) in [5.41, 5.74) is 14.6. The van der Waals surface area contributed by atoms with Crippen LogP contribution in [0.3, 0.4) is 0 Å². The second-order valence-electron chi connectivity index (χ2n) is 7.81. The number of rotatable bonds is 4. The SMILES string of the molecule is N#Cc1c(-c2ccc(-c3ccccc3)cc2)cc(-c2ccc(-c3ccccc3)cc2)nc1N. The van der Waals surface area contributed by atoms with E-state index >= 15 is 0 Å². The van der Waals surface area contributed by atoms with E-state index in [4.69, 9.17) is 5.73 Å². The summed E-state index contributed by atoms with van der Waals surface area (Å²) in [6, 6.07) is 41.1. The van der Waals surface area contributed by atoms with E-state index in [1.807, 2.05) is 66.7 Å². The van der Waals surface area contributed by atoms with Gasteiger partial charge in [-0.3, -0.25) is 0 Å². The number of hydrogen-bond donors (Lipinski definition) is 1. The molecule has 0 saturated carbocycles. The van der Waals surface area contributed by atoms with E-state index in [0.717, 1.165) is 44.6 Å². The molecule has 0 bridgehead atoms. The monoisotopic (exact) mass is 423 g/mol. The highest BCUT2D eigenvalue weighted by Gasteiger charge is 2.14. The number of anilines is 1.